The van der Waals surface area contributed by atoms with E-state index in [4.69, 9.17) is 0 Å². The molecule has 2 aliphatic heterocycles. The minimum absolute atomic E-state index is 0.0136. The smallest absolute Gasteiger partial charge is 0.248 e. The maximum absolute atomic E-state index is 12.3. The number of rotatable bonds is 1. The van der Waals surface area contributed by atoms with Crippen molar-refractivity contribution in [2.45, 2.75) is 12.1 Å². The molecule has 0 aromatic rings. The van der Waals surface area contributed by atoms with E-state index < -0.39 is 12.1 Å². The summed E-state index contributed by atoms with van der Waals surface area (Å²) in [7, 11) is 5.99. The zero-order valence-corrected chi connectivity index (χ0v) is 12.0. The van der Waals surface area contributed by atoms with Crippen LogP contribution in [-0.4, -0.2) is 96.6 Å². The summed E-state index contributed by atoms with van der Waals surface area (Å²) in [6.45, 7) is -0.0273. The van der Waals surface area contributed by atoms with Crippen LogP contribution in [0.2, 0.25) is 0 Å². The Labute approximate surface area is 116 Å². The predicted molar refractivity (Wildman–Crippen MR) is 68.4 cm³/mol. The van der Waals surface area contributed by atoms with Gasteiger partial charge in [0, 0.05) is 28.2 Å². The molecule has 20 heavy (non-hydrogen) atoms. The molecule has 2 unspecified atom stereocenters. The van der Waals surface area contributed by atoms with Crippen LogP contribution in [0.25, 0.3) is 0 Å². The number of hydrogen-bond donors (Lipinski definition) is 0. The Morgan fingerprint density at radius 2 is 1.00 bits per heavy atom. The second-order valence-corrected chi connectivity index (χ2v) is 5.29. The number of carbonyl (C=O) groups is 4. The third-order valence-corrected chi connectivity index (χ3v) is 3.92. The third-order valence-electron chi connectivity index (χ3n) is 3.92. The zero-order chi connectivity index (χ0) is 15.2. The van der Waals surface area contributed by atoms with Crippen molar-refractivity contribution in [3.05, 3.63) is 0 Å². The first kappa shape index (κ1) is 14.3. The molecular formula is C12H18N4O4. The van der Waals surface area contributed by atoms with Crippen molar-refractivity contribution in [3.8, 4) is 0 Å². The molecule has 110 valence electrons. The lowest BCUT2D eigenvalue weighted by molar-refractivity contribution is -0.166. The quantitative estimate of drug-likeness (QED) is 0.536. The Balaban J connectivity index is 2.40. The van der Waals surface area contributed by atoms with Crippen LogP contribution < -0.4 is 0 Å². The lowest BCUT2D eigenvalue weighted by Crippen LogP contribution is -2.70. The fraction of sp³-hybridized carbons (Fsp3) is 0.667. The van der Waals surface area contributed by atoms with Crippen molar-refractivity contribution in [1.29, 1.82) is 0 Å². The highest BCUT2D eigenvalue weighted by Gasteiger charge is 2.49. The number of carbonyl (C=O) groups excluding carboxylic acids is 4. The van der Waals surface area contributed by atoms with Crippen LogP contribution in [0.4, 0.5) is 0 Å². The van der Waals surface area contributed by atoms with E-state index in [0.29, 0.717) is 0 Å². The average molecular weight is 282 g/mol. The lowest BCUT2D eigenvalue weighted by atomic mass is 9.98. The summed E-state index contributed by atoms with van der Waals surface area (Å²) in [6.07, 6.45) is 0. The number of amides is 4. The van der Waals surface area contributed by atoms with Crippen LogP contribution >= 0.6 is 0 Å². The first-order chi connectivity index (χ1) is 9.25. The molecule has 0 saturated carbocycles. The summed E-state index contributed by atoms with van der Waals surface area (Å²) in [5.41, 5.74) is 0. The van der Waals surface area contributed by atoms with Gasteiger partial charge in [0.15, 0.2) is 0 Å². The molecule has 2 heterocycles. The monoisotopic (exact) mass is 282 g/mol. The van der Waals surface area contributed by atoms with Crippen LogP contribution in [0.3, 0.4) is 0 Å². The molecule has 0 bridgehead atoms. The van der Waals surface area contributed by atoms with E-state index in [1.54, 1.807) is 0 Å². The van der Waals surface area contributed by atoms with Crippen LogP contribution in [0.5, 0.6) is 0 Å². The molecule has 0 aromatic heterocycles. The third kappa shape index (κ3) is 2.00. The Morgan fingerprint density at radius 3 is 1.30 bits per heavy atom. The lowest BCUT2D eigenvalue weighted by Gasteiger charge is -2.45. The van der Waals surface area contributed by atoms with E-state index in [-0.39, 0.29) is 36.7 Å². The fourth-order valence-electron chi connectivity index (χ4n) is 2.57. The van der Waals surface area contributed by atoms with Crippen molar-refractivity contribution in [1.82, 2.24) is 19.6 Å². The molecule has 0 spiro atoms. The van der Waals surface area contributed by atoms with E-state index >= 15 is 0 Å². The molecule has 4 amide bonds. The molecule has 0 radical (unpaired) electrons. The predicted octanol–water partition coefficient (Wildman–Crippen LogP) is -2.42. The van der Waals surface area contributed by atoms with Gasteiger partial charge in [-0.2, -0.15) is 0 Å². The molecule has 0 N–H and O–H groups in total. The second kappa shape index (κ2) is 4.77. The first-order valence-corrected chi connectivity index (χ1v) is 6.27. The van der Waals surface area contributed by atoms with Crippen molar-refractivity contribution >= 4 is 23.6 Å². The Kier molecular flexibility index (Phi) is 3.41. The van der Waals surface area contributed by atoms with Crippen LogP contribution in [0.1, 0.15) is 0 Å². The highest BCUT2D eigenvalue weighted by atomic mass is 16.2. The number of nitrogens with zero attached hydrogens (tertiary/aromatic N) is 4. The SMILES string of the molecule is CN1CC(=O)N(C)C(C2C(=O)N(C)CC(=O)N2C)C1=O. The second-order valence-electron chi connectivity index (χ2n) is 5.29. The van der Waals surface area contributed by atoms with Crippen molar-refractivity contribution in [2.75, 3.05) is 41.3 Å². The molecular weight excluding hydrogens is 264 g/mol. The van der Waals surface area contributed by atoms with Crippen molar-refractivity contribution in [3.63, 3.8) is 0 Å². The summed E-state index contributed by atoms with van der Waals surface area (Å²) in [5.74, 6) is -1.17. The molecule has 0 aliphatic carbocycles. The number of piperazine rings is 2. The topological polar surface area (TPSA) is 81.2 Å². The van der Waals surface area contributed by atoms with Crippen LogP contribution in [0, 0.1) is 0 Å². The van der Waals surface area contributed by atoms with Crippen LogP contribution in [-0.2, 0) is 19.2 Å². The Hall–Kier alpha value is -2.12. The molecule has 2 saturated heterocycles. The van der Waals surface area contributed by atoms with E-state index in [2.05, 4.69) is 0 Å². The Morgan fingerprint density at radius 1 is 0.700 bits per heavy atom. The average Bonchev–Trinajstić information content (AvgIpc) is 2.38. The largest absolute Gasteiger partial charge is 0.335 e. The van der Waals surface area contributed by atoms with Gasteiger partial charge >= 0.3 is 0 Å². The Bertz CT molecular complexity index is 448. The minimum atomic E-state index is -0.967. The summed E-state index contributed by atoms with van der Waals surface area (Å²) in [6, 6.07) is -1.93. The summed E-state index contributed by atoms with van der Waals surface area (Å²) < 4.78 is 0. The maximum atomic E-state index is 12.3. The summed E-state index contributed by atoms with van der Waals surface area (Å²) in [5, 5.41) is 0. The zero-order valence-electron chi connectivity index (χ0n) is 12.0. The normalized spacial score (nSPS) is 28.6. The van der Waals surface area contributed by atoms with Gasteiger partial charge in [0.05, 0.1) is 13.1 Å². The molecule has 0 aromatic carbocycles. The van der Waals surface area contributed by atoms with Gasteiger partial charge < -0.3 is 19.6 Å². The van der Waals surface area contributed by atoms with Crippen molar-refractivity contribution in [2.24, 2.45) is 0 Å². The number of likely N-dealkylation sites (N-methyl/N-ethyl adjacent to an activating group) is 4. The first-order valence-electron chi connectivity index (χ1n) is 6.27. The van der Waals surface area contributed by atoms with Gasteiger partial charge in [-0.1, -0.05) is 0 Å². The van der Waals surface area contributed by atoms with Gasteiger partial charge in [-0.3, -0.25) is 19.2 Å². The van der Waals surface area contributed by atoms with E-state index in [0.717, 1.165) is 0 Å². The standard InChI is InChI=1S/C12H18N4O4/c1-13-5-7(17)15(3)9(11(13)19)10-12(20)14(2)6-8(18)16(10)4/h9-10H,5-6H2,1-4H3. The molecule has 8 heteroatoms. The number of hydrogen-bond acceptors (Lipinski definition) is 4. The maximum Gasteiger partial charge on any atom is 0.248 e. The van der Waals surface area contributed by atoms with Gasteiger partial charge in [-0.15, -0.1) is 0 Å². The van der Waals surface area contributed by atoms with Crippen molar-refractivity contribution < 1.29 is 19.2 Å². The molecule has 2 aliphatic rings. The van der Waals surface area contributed by atoms with Gasteiger partial charge in [0.1, 0.15) is 12.1 Å². The summed E-state index contributed by atoms with van der Waals surface area (Å²) in [4.78, 5) is 53.5. The van der Waals surface area contributed by atoms with Gasteiger partial charge in [-0.25, -0.2) is 0 Å². The molecule has 2 rings (SSSR count). The highest BCUT2D eigenvalue weighted by molar-refractivity contribution is 6.03. The van der Waals surface area contributed by atoms with E-state index in [1.807, 2.05) is 0 Å². The van der Waals surface area contributed by atoms with E-state index in [9.17, 15) is 19.2 Å². The van der Waals surface area contributed by atoms with Gasteiger partial charge in [-0.05, 0) is 0 Å². The minimum Gasteiger partial charge on any atom is -0.335 e. The molecule has 8 nitrogen and oxygen atoms in total. The fourth-order valence-corrected chi connectivity index (χ4v) is 2.57. The highest BCUT2D eigenvalue weighted by Crippen LogP contribution is 2.21. The molecule has 2 atom stereocenters. The van der Waals surface area contributed by atoms with Gasteiger partial charge in [0.25, 0.3) is 0 Å². The summed E-state index contributed by atoms with van der Waals surface area (Å²) >= 11 is 0. The van der Waals surface area contributed by atoms with Gasteiger partial charge in [0.2, 0.25) is 23.6 Å². The molecule has 2 fully saturated rings. The van der Waals surface area contributed by atoms with Crippen LogP contribution in [0.15, 0.2) is 0 Å². The van der Waals surface area contributed by atoms with E-state index in [1.165, 1.54) is 47.8 Å².